The lowest BCUT2D eigenvalue weighted by Gasteiger charge is -2.40. The summed E-state index contributed by atoms with van der Waals surface area (Å²) < 4.78 is 38.2. The highest BCUT2D eigenvalue weighted by Crippen LogP contribution is 2.35. The number of nitrogens with two attached hydrogens (primary N) is 1. The molecule has 16 heteroatoms. The first kappa shape index (κ1) is 25.7. The maximum Gasteiger partial charge on any atom is 0.321 e. The molecule has 1 unspecified atom stereocenters. The van der Waals surface area contributed by atoms with E-state index in [1.165, 1.54) is 34.8 Å². The zero-order valence-electron chi connectivity index (χ0n) is 20.6. The quantitative estimate of drug-likeness (QED) is 0.284. The third-order valence-corrected chi connectivity index (χ3v) is 7.67. The number of nitrogens with one attached hydrogen (secondary N) is 1. The van der Waals surface area contributed by atoms with E-state index in [-0.39, 0.29) is 51.8 Å². The number of ether oxygens (including phenoxy) is 1. The van der Waals surface area contributed by atoms with Gasteiger partial charge in [-0.05, 0) is 36.7 Å². The van der Waals surface area contributed by atoms with Crippen molar-refractivity contribution < 1.29 is 23.4 Å². The van der Waals surface area contributed by atoms with Crippen LogP contribution in [0.3, 0.4) is 0 Å². The van der Waals surface area contributed by atoms with Gasteiger partial charge in [0.2, 0.25) is 0 Å². The second-order valence-electron chi connectivity index (χ2n) is 9.20. The van der Waals surface area contributed by atoms with Crippen molar-refractivity contribution in [1.82, 2.24) is 28.7 Å². The van der Waals surface area contributed by atoms with Crippen molar-refractivity contribution in [2.45, 2.75) is 25.2 Å². The minimum atomic E-state index is -3.04. The number of hydrogen-bond acceptors (Lipinski definition) is 10. The first-order valence-corrected chi connectivity index (χ1v) is 12.6. The summed E-state index contributed by atoms with van der Waals surface area (Å²) in [5, 5.41) is 16.4. The van der Waals surface area contributed by atoms with Crippen LogP contribution in [0.15, 0.2) is 52.3 Å². The van der Waals surface area contributed by atoms with E-state index in [9.17, 15) is 28.3 Å². The molecule has 206 valence electrons. The van der Waals surface area contributed by atoms with Gasteiger partial charge in [0.1, 0.15) is 17.7 Å². The Hall–Kier alpha value is -4.54. The van der Waals surface area contributed by atoms with Gasteiger partial charge < -0.3 is 20.6 Å². The molecule has 6 rings (SSSR count). The fraction of sp³-hybridized carbons (Fsp3) is 0.250. The number of H-pyrrole nitrogens is 1. The Balaban J connectivity index is 1.32. The number of nitrogen functional groups attached to an aromatic ring is 1. The van der Waals surface area contributed by atoms with Crippen LogP contribution in [0.2, 0.25) is 0 Å². The number of aliphatic hydroxyl groups is 1. The number of amides is 1. The van der Waals surface area contributed by atoms with E-state index in [0.29, 0.717) is 10.1 Å². The first-order valence-electron chi connectivity index (χ1n) is 11.9. The van der Waals surface area contributed by atoms with E-state index in [4.69, 9.17) is 10.5 Å². The van der Waals surface area contributed by atoms with Crippen molar-refractivity contribution in [3.05, 3.63) is 69.3 Å². The SMILES string of the molecule is CC1([C@@H](O)c2nc3ccc4c(N)nsc4c3c(=O)[nH]2)OCCN(c2ccn(-c3ccc(=O)n(C(F)F)c3)n2)C1=O. The fourth-order valence-corrected chi connectivity index (χ4v) is 5.48. The second kappa shape index (κ2) is 9.29. The lowest BCUT2D eigenvalue weighted by Crippen LogP contribution is -2.58. The molecule has 0 bridgehead atoms. The average Bonchev–Trinajstić information content (AvgIpc) is 3.57. The molecular weight excluding hydrogens is 550 g/mol. The molecule has 4 N–H and O–H groups in total. The molecule has 0 radical (unpaired) electrons. The number of hydrogen-bond donors (Lipinski definition) is 3. The number of anilines is 2. The number of halogens is 2. The average molecular weight is 571 g/mol. The van der Waals surface area contributed by atoms with Gasteiger partial charge in [-0.2, -0.15) is 13.2 Å². The molecule has 0 spiro atoms. The molecule has 1 amide bonds. The van der Waals surface area contributed by atoms with Crippen LogP contribution in [0.1, 0.15) is 25.4 Å². The third kappa shape index (κ3) is 3.95. The number of alkyl halides is 2. The van der Waals surface area contributed by atoms with Crippen molar-refractivity contribution in [3.63, 3.8) is 0 Å². The zero-order chi connectivity index (χ0) is 28.3. The summed E-state index contributed by atoms with van der Waals surface area (Å²) in [7, 11) is 0. The molecule has 4 aromatic heterocycles. The summed E-state index contributed by atoms with van der Waals surface area (Å²) in [5.74, 6) is -0.391. The minimum absolute atomic E-state index is 0.0149. The van der Waals surface area contributed by atoms with Crippen molar-refractivity contribution >= 4 is 50.1 Å². The molecule has 0 aliphatic carbocycles. The predicted molar refractivity (Wildman–Crippen MR) is 141 cm³/mol. The number of carbonyl (C=O) groups excluding carboxylic acids is 1. The Labute approximate surface area is 226 Å². The standard InChI is InChI=1S/C24H20F2N8O5S/c1-24(18(36)20-28-13-4-3-12-17(40-31-19(12)27)16(13)21(37)29-20)22(38)32(8-9-39-24)14-6-7-34(30-14)11-2-5-15(35)33(10-11)23(25)26/h2-7,10,18,23,36H,8-9H2,1H3,(H2,27,31)(H,28,29,37)/t18-,24?/m0/s1. The number of aromatic nitrogens is 6. The smallest absolute Gasteiger partial charge is 0.321 e. The van der Waals surface area contributed by atoms with Crippen LogP contribution >= 0.6 is 11.5 Å². The summed E-state index contributed by atoms with van der Waals surface area (Å²) in [6.07, 6.45) is 0.727. The van der Waals surface area contributed by atoms with Crippen molar-refractivity contribution in [1.29, 1.82) is 0 Å². The van der Waals surface area contributed by atoms with Crippen molar-refractivity contribution in [2.75, 3.05) is 23.8 Å². The highest BCUT2D eigenvalue weighted by atomic mass is 32.1. The molecule has 1 aromatic carbocycles. The van der Waals surface area contributed by atoms with Gasteiger partial charge in [-0.3, -0.25) is 23.9 Å². The van der Waals surface area contributed by atoms with Gasteiger partial charge in [0.15, 0.2) is 11.4 Å². The maximum absolute atomic E-state index is 13.6. The number of fused-ring (bicyclic) bond motifs is 3. The number of carbonyl (C=O) groups is 1. The van der Waals surface area contributed by atoms with Crippen LogP contribution in [-0.4, -0.2) is 58.5 Å². The van der Waals surface area contributed by atoms with E-state index in [2.05, 4.69) is 19.4 Å². The molecule has 40 heavy (non-hydrogen) atoms. The lowest BCUT2D eigenvalue weighted by atomic mass is 9.94. The summed E-state index contributed by atoms with van der Waals surface area (Å²) in [4.78, 5) is 46.5. The molecular formula is C24H20F2N8O5S. The largest absolute Gasteiger partial charge is 0.382 e. The van der Waals surface area contributed by atoms with Crippen molar-refractivity contribution in [3.8, 4) is 5.69 Å². The maximum atomic E-state index is 13.6. The molecule has 1 saturated heterocycles. The molecule has 5 heterocycles. The van der Waals surface area contributed by atoms with Gasteiger partial charge in [-0.25, -0.2) is 9.67 Å². The number of pyridine rings is 1. The second-order valence-corrected chi connectivity index (χ2v) is 9.97. The molecule has 13 nitrogen and oxygen atoms in total. The monoisotopic (exact) mass is 570 g/mol. The Morgan fingerprint density at radius 2 is 2.00 bits per heavy atom. The van der Waals surface area contributed by atoms with E-state index >= 15 is 0 Å². The highest BCUT2D eigenvalue weighted by Gasteiger charge is 2.49. The van der Waals surface area contributed by atoms with Crippen LogP contribution in [0.25, 0.3) is 26.7 Å². The molecule has 0 saturated carbocycles. The normalized spacial score (nSPS) is 18.7. The first-order chi connectivity index (χ1) is 19.1. The minimum Gasteiger partial charge on any atom is -0.382 e. The van der Waals surface area contributed by atoms with Crippen LogP contribution in [0, 0.1) is 0 Å². The Kier molecular flexibility index (Phi) is 5.97. The number of morpholine rings is 1. The van der Waals surface area contributed by atoms with Gasteiger partial charge in [-0.1, -0.05) is 0 Å². The fourth-order valence-electron chi connectivity index (χ4n) is 4.63. The summed E-state index contributed by atoms with van der Waals surface area (Å²) in [6.45, 7) is -1.56. The van der Waals surface area contributed by atoms with Gasteiger partial charge in [0.05, 0.1) is 34.4 Å². The molecule has 5 aromatic rings. The number of nitrogens with zero attached hydrogens (tertiary/aromatic N) is 6. The van der Waals surface area contributed by atoms with Gasteiger partial charge >= 0.3 is 6.55 Å². The summed E-state index contributed by atoms with van der Waals surface area (Å²) in [6, 6.07) is 7.05. The van der Waals surface area contributed by atoms with Crippen LogP contribution in [0.4, 0.5) is 20.4 Å². The van der Waals surface area contributed by atoms with E-state index in [1.54, 1.807) is 12.1 Å². The number of aliphatic hydroxyl groups excluding tert-OH is 1. The van der Waals surface area contributed by atoms with Crippen molar-refractivity contribution in [2.24, 2.45) is 0 Å². The highest BCUT2D eigenvalue weighted by molar-refractivity contribution is 7.14. The Morgan fingerprint density at radius 3 is 2.77 bits per heavy atom. The lowest BCUT2D eigenvalue weighted by molar-refractivity contribution is -0.167. The topological polar surface area (TPSA) is 174 Å². The van der Waals surface area contributed by atoms with Gasteiger partial charge in [-0.15, -0.1) is 5.10 Å². The zero-order valence-corrected chi connectivity index (χ0v) is 21.4. The Morgan fingerprint density at radius 1 is 1.20 bits per heavy atom. The number of aromatic amines is 1. The van der Waals surface area contributed by atoms with E-state index in [0.717, 1.165) is 23.8 Å². The van der Waals surface area contributed by atoms with Crippen LogP contribution in [-0.2, 0) is 9.53 Å². The number of rotatable bonds is 5. The summed E-state index contributed by atoms with van der Waals surface area (Å²) in [5.41, 5.74) is 3.04. The van der Waals surface area contributed by atoms with Gasteiger partial charge in [0.25, 0.3) is 17.0 Å². The van der Waals surface area contributed by atoms with Crippen LogP contribution in [0.5, 0.6) is 0 Å². The predicted octanol–water partition coefficient (Wildman–Crippen LogP) is 1.71. The number of benzene rings is 1. The Bertz CT molecular complexity index is 1920. The molecule has 1 fully saturated rings. The molecule has 1 aliphatic rings. The molecule has 1 aliphatic heterocycles. The van der Waals surface area contributed by atoms with Gasteiger partial charge in [0, 0.05) is 29.9 Å². The van der Waals surface area contributed by atoms with E-state index < -0.39 is 35.3 Å². The third-order valence-electron chi connectivity index (χ3n) is 6.77. The van der Waals surface area contributed by atoms with Crippen LogP contribution < -0.4 is 21.8 Å². The summed E-state index contributed by atoms with van der Waals surface area (Å²) >= 11 is 1.05. The van der Waals surface area contributed by atoms with E-state index in [1.807, 2.05) is 0 Å². The molecule has 2 atom stereocenters.